The third kappa shape index (κ3) is 4.84. The molecule has 7 heteroatoms. The number of aliphatic hydroxyl groups excluding tert-OH is 1. The summed E-state index contributed by atoms with van der Waals surface area (Å²) in [5.74, 6) is 0. The van der Waals surface area contributed by atoms with Crippen LogP contribution in [0.15, 0.2) is 42.7 Å². The van der Waals surface area contributed by atoms with Gasteiger partial charge in [-0.15, -0.1) is 0 Å². The Morgan fingerprint density at radius 3 is 2.62 bits per heavy atom. The minimum atomic E-state index is -0.819. The van der Waals surface area contributed by atoms with Crippen LogP contribution >= 0.6 is 23.2 Å². The van der Waals surface area contributed by atoms with Crippen LogP contribution in [-0.4, -0.2) is 33.6 Å². The zero-order valence-electron chi connectivity index (χ0n) is 13.4. The average molecular weight is 368 g/mol. The zero-order valence-corrected chi connectivity index (χ0v) is 14.9. The Hall–Kier alpha value is -1.82. The number of carbonyl (C=O) groups is 1. The fourth-order valence-corrected chi connectivity index (χ4v) is 2.46. The maximum absolute atomic E-state index is 12.5. The summed E-state index contributed by atoms with van der Waals surface area (Å²) in [4.78, 5) is 18.1. The fraction of sp³-hybridized carbons (Fsp3) is 0.294. The molecule has 0 saturated carbocycles. The molecule has 2 rings (SSSR count). The van der Waals surface area contributed by atoms with E-state index >= 15 is 0 Å². The highest BCUT2D eigenvalue weighted by molar-refractivity contribution is 6.42. The molecule has 24 heavy (non-hydrogen) atoms. The van der Waals surface area contributed by atoms with Gasteiger partial charge >= 0.3 is 6.03 Å². The van der Waals surface area contributed by atoms with Crippen molar-refractivity contribution in [3.05, 3.63) is 58.3 Å². The second-order valence-corrected chi connectivity index (χ2v) is 6.42. The summed E-state index contributed by atoms with van der Waals surface area (Å²) in [6.45, 7) is 3.91. The number of anilines is 1. The summed E-state index contributed by atoms with van der Waals surface area (Å²) in [5, 5.41) is 13.9. The van der Waals surface area contributed by atoms with Crippen LogP contribution in [-0.2, 0) is 0 Å². The smallest absolute Gasteiger partial charge is 0.322 e. The van der Waals surface area contributed by atoms with Gasteiger partial charge in [0, 0.05) is 29.7 Å². The Morgan fingerprint density at radius 2 is 2.04 bits per heavy atom. The standard InChI is InChI=1S/C17H19Cl2N3O2/c1-11(2)22(10-16(23)12-4-3-7-20-9-12)17(24)21-13-5-6-14(18)15(19)8-13/h3-9,11,16,23H,10H2,1-2H3,(H,21,24)/t16-/m1/s1. The van der Waals surface area contributed by atoms with E-state index in [1.165, 1.54) is 0 Å². The third-order valence-corrected chi connectivity index (χ3v) is 4.23. The van der Waals surface area contributed by atoms with Gasteiger partial charge in [-0.3, -0.25) is 4.98 Å². The van der Waals surface area contributed by atoms with E-state index in [2.05, 4.69) is 10.3 Å². The van der Waals surface area contributed by atoms with E-state index in [1.54, 1.807) is 47.6 Å². The fourth-order valence-electron chi connectivity index (χ4n) is 2.16. The van der Waals surface area contributed by atoms with Gasteiger partial charge in [0.25, 0.3) is 0 Å². The van der Waals surface area contributed by atoms with E-state index < -0.39 is 6.10 Å². The predicted molar refractivity (Wildman–Crippen MR) is 96.5 cm³/mol. The molecule has 0 aliphatic carbocycles. The molecule has 0 bridgehead atoms. The number of hydrogen-bond acceptors (Lipinski definition) is 3. The summed E-state index contributed by atoms with van der Waals surface area (Å²) in [6, 6.07) is 7.95. The summed E-state index contributed by atoms with van der Waals surface area (Å²) in [7, 11) is 0. The summed E-state index contributed by atoms with van der Waals surface area (Å²) in [5.41, 5.74) is 1.20. The molecule has 0 unspecified atom stereocenters. The van der Waals surface area contributed by atoms with Crippen molar-refractivity contribution in [3.8, 4) is 0 Å². The van der Waals surface area contributed by atoms with E-state index in [4.69, 9.17) is 23.2 Å². The highest BCUT2D eigenvalue weighted by Gasteiger charge is 2.21. The first-order valence-corrected chi connectivity index (χ1v) is 8.24. The Balaban J connectivity index is 2.09. The van der Waals surface area contributed by atoms with Crippen LogP contribution in [0.25, 0.3) is 0 Å². The van der Waals surface area contributed by atoms with Crippen LogP contribution in [0.4, 0.5) is 10.5 Å². The molecule has 1 aromatic carbocycles. The number of hydrogen-bond donors (Lipinski definition) is 2. The first-order chi connectivity index (χ1) is 11.4. The number of nitrogens with zero attached hydrogens (tertiary/aromatic N) is 2. The van der Waals surface area contributed by atoms with E-state index in [9.17, 15) is 9.90 Å². The molecule has 0 spiro atoms. The van der Waals surface area contributed by atoms with Crippen molar-refractivity contribution in [1.82, 2.24) is 9.88 Å². The minimum Gasteiger partial charge on any atom is -0.386 e. The number of urea groups is 1. The quantitative estimate of drug-likeness (QED) is 0.824. The Bertz CT molecular complexity index is 695. The lowest BCUT2D eigenvalue weighted by molar-refractivity contribution is 0.113. The number of carbonyl (C=O) groups excluding carboxylic acids is 1. The van der Waals surface area contributed by atoms with Gasteiger partial charge in [-0.1, -0.05) is 29.3 Å². The molecule has 1 aromatic heterocycles. The average Bonchev–Trinajstić information content (AvgIpc) is 2.56. The number of aliphatic hydroxyl groups is 1. The lowest BCUT2D eigenvalue weighted by Crippen LogP contribution is -2.42. The van der Waals surface area contributed by atoms with Gasteiger partial charge in [0.15, 0.2) is 0 Å². The van der Waals surface area contributed by atoms with Gasteiger partial charge in [0.2, 0.25) is 0 Å². The van der Waals surface area contributed by atoms with Crippen LogP contribution < -0.4 is 5.32 Å². The third-order valence-electron chi connectivity index (χ3n) is 3.49. The van der Waals surface area contributed by atoms with E-state index in [1.807, 2.05) is 13.8 Å². The van der Waals surface area contributed by atoms with Crippen molar-refractivity contribution in [3.63, 3.8) is 0 Å². The van der Waals surface area contributed by atoms with Crippen molar-refractivity contribution in [2.75, 3.05) is 11.9 Å². The number of pyridine rings is 1. The van der Waals surface area contributed by atoms with E-state index in [0.717, 1.165) is 0 Å². The van der Waals surface area contributed by atoms with Gasteiger partial charge in [-0.25, -0.2) is 4.79 Å². The van der Waals surface area contributed by atoms with Gasteiger partial charge in [0.05, 0.1) is 22.7 Å². The molecular weight excluding hydrogens is 349 g/mol. The van der Waals surface area contributed by atoms with Crippen LogP contribution in [0.2, 0.25) is 10.0 Å². The Morgan fingerprint density at radius 1 is 1.29 bits per heavy atom. The molecule has 2 aromatic rings. The summed E-state index contributed by atoms with van der Waals surface area (Å²) < 4.78 is 0. The van der Waals surface area contributed by atoms with Crippen LogP contribution in [0.3, 0.4) is 0 Å². The Kier molecular flexibility index (Phi) is 6.43. The minimum absolute atomic E-state index is 0.0981. The molecule has 1 heterocycles. The normalized spacial score (nSPS) is 12.1. The van der Waals surface area contributed by atoms with Crippen LogP contribution in [0.5, 0.6) is 0 Å². The highest BCUT2D eigenvalue weighted by Crippen LogP contribution is 2.25. The largest absolute Gasteiger partial charge is 0.386 e. The number of aromatic nitrogens is 1. The van der Waals surface area contributed by atoms with Crippen LogP contribution in [0, 0.1) is 0 Å². The van der Waals surface area contributed by atoms with Crippen molar-refractivity contribution in [2.45, 2.75) is 26.0 Å². The molecule has 128 valence electrons. The molecule has 2 amide bonds. The van der Waals surface area contributed by atoms with Crippen molar-refractivity contribution in [1.29, 1.82) is 0 Å². The number of amides is 2. The first-order valence-electron chi connectivity index (χ1n) is 7.49. The van der Waals surface area contributed by atoms with Crippen LogP contribution in [0.1, 0.15) is 25.5 Å². The topological polar surface area (TPSA) is 65.5 Å². The maximum atomic E-state index is 12.5. The van der Waals surface area contributed by atoms with E-state index in [0.29, 0.717) is 21.3 Å². The summed E-state index contributed by atoms with van der Waals surface area (Å²) >= 11 is 11.8. The van der Waals surface area contributed by atoms with Gasteiger partial charge in [-0.05, 0) is 38.1 Å². The van der Waals surface area contributed by atoms with Crippen molar-refractivity contribution >= 4 is 34.9 Å². The molecule has 0 aliphatic heterocycles. The lowest BCUT2D eigenvalue weighted by atomic mass is 10.1. The number of halogens is 2. The molecule has 0 saturated heterocycles. The molecule has 5 nitrogen and oxygen atoms in total. The molecule has 2 N–H and O–H groups in total. The Labute approximate surface area is 151 Å². The van der Waals surface area contributed by atoms with Gasteiger partial charge < -0.3 is 15.3 Å². The lowest BCUT2D eigenvalue weighted by Gasteiger charge is -2.29. The zero-order chi connectivity index (χ0) is 17.7. The van der Waals surface area contributed by atoms with Crippen molar-refractivity contribution < 1.29 is 9.90 Å². The molecule has 1 atom stereocenters. The molecule has 0 aliphatic rings. The number of rotatable bonds is 5. The second-order valence-electron chi connectivity index (χ2n) is 5.61. The highest BCUT2D eigenvalue weighted by atomic mass is 35.5. The summed E-state index contributed by atoms with van der Waals surface area (Å²) in [6.07, 6.45) is 2.40. The van der Waals surface area contributed by atoms with Gasteiger partial charge in [0.1, 0.15) is 0 Å². The maximum Gasteiger partial charge on any atom is 0.322 e. The monoisotopic (exact) mass is 367 g/mol. The number of nitrogens with one attached hydrogen (secondary N) is 1. The molecular formula is C17H19Cl2N3O2. The predicted octanol–water partition coefficient (Wildman–Crippen LogP) is 4.36. The SMILES string of the molecule is CC(C)N(C[C@@H](O)c1cccnc1)C(=O)Nc1ccc(Cl)c(Cl)c1. The molecule has 0 radical (unpaired) electrons. The van der Waals surface area contributed by atoms with Crippen molar-refractivity contribution in [2.24, 2.45) is 0 Å². The second kappa shape index (κ2) is 8.33. The molecule has 0 fully saturated rings. The first kappa shape index (κ1) is 18.5. The van der Waals surface area contributed by atoms with Gasteiger partial charge in [-0.2, -0.15) is 0 Å². The number of benzene rings is 1. The van der Waals surface area contributed by atoms with E-state index in [-0.39, 0.29) is 18.6 Å².